The molecule has 0 saturated heterocycles. The molecule has 8 nitrogen and oxygen atoms in total. The van der Waals surface area contributed by atoms with Crippen LogP contribution in [0.25, 0.3) is 0 Å². The van der Waals surface area contributed by atoms with Crippen molar-refractivity contribution >= 4 is 34.2 Å². The molecule has 0 fully saturated rings. The molecule has 0 unspecified atom stereocenters. The van der Waals surface area contributed by atoms with Gasteiger partial charge in [-0.25, -0.2) is 0 Å². The predicted molar refractivity (Wildman–Crippen MR) is 124 cm³/mol. The van der Waals surface area contributed by atoms with Crippen molar-refractivity contribution in [3.05, 3.63) is 78.4 Å². The van der Waals surface area contributed by atoms with Gasteiger partial charge in [0.1, 0.15) is 0 Å². The van der Waals surface area contributed by atoms with Crippen molar-refractivity contribution in [1.29, 1.82) is 0 Å². The third kappa shape index (κ3) is 7.52. The average molecular weight is 485 g/mol. The van der Waals surface area contributed by atoms with Gasteiger partial charge in [-0.15, -0.1) is 0 Å². The largest absolute Gasteiger partial charge is 0.454 e. The molecule has 0 spiro atoms. The highest BCUT2D eigenvalue weighted by Crippen LogP contribution is 2.26. The topological polar surface area (TPSA) is 110 Å². The van der Waals surface area contributed by atoms with E-state index >= 15 is 0 Å². The number of benzene rings is 3. The molecule has 11 heteroatoms. The molecule has 0 aliphatic carbocycles. The fourth-order valence-corrected chi connectivity index (χ4v) is 3.00. The molecule has 0 amide bonds. The van der Waals surface area contributed by atoms with E-state index < -0.39 is 17.5 Å². The number of anilines is 1. The van der Waals surface area contributed by atoms with Crippen molar-refractivity contribution in [2.75, 3.05) is 31.2 Å². The van der Waals surface area contributed by atoms with Crippen LogP contribution in [0.15, 0.2) is 93.3 Å². The summed E-state index contributed by atoms with van der Waals surface area (Å²) in [7, 11) is 0. The molecule has 0 atom stereocenters. The zero-order valence-corrected chi connectivity index (χ0v) is 18.4. The Morgan fingerprint density at radius 1 is 0.657 bits per heavy atom. The Morgan fingerprint density at radius 3 is 1.34 bits per heavy atom. The predicted octanol–water partition coefficient (Wildman–Crippen LogP) is 6.05. The second-order valence-corrected chi connectivity index (χ2v) is 7.24. The van der Waals surface area contributed by atoms with Gasteiger partial charge in [0, 0.05) is 24.3 Å². The van der Waals surface area contributed by atoms with E-state index in [0.29, 0.717) is 35.8 Å². The number of hydrogen-bond donors (Lipinski definition) is 2. The third-order valence-corrected chi connectivity index (χ3v) is 4.75. The van der Waals surface area contributed by atoms with Gasteiger partial charge in [0.2, 0.25) is 0 Å². The second kappa shape index (κ2) is 12.0. The van der Waals surface area contributed by atoms with E-state index in [1.807, 2.05) is 17.0 Å². The zero-order valence-electron chi connectivity index (χ0n) is 18.4. The Bertz CT molecular complexity index is 1160. The summed E-state index contributed by atoms with van der Waals surface area (Å²) in [5.41, 5.74) is 2.38. The molecule has 0 bridgehead atoms. The molecule has 182 valence electrons. The number of halogens is 3. The van der Waals surface area contributed by atoms with Crippen molar-refractivity contribution < 1.29 is 28.2 Å². The number of aliphatic hydroxyl groups excluding tert-OH is 2. The van der Waals surface area contributed by atoms with E-state index in [0.717, 1.165) is 17.8 Å². The summed E-state index contributed by atoms with van der Waals surface area (Å²) in [6, 6.07) is 18.6. The van der Waals surface area contributed by atoms with Crippen LogP contribution in [0.2, 0.25) is 0 Å². The number of ketones is 1. The fourth-order valence-electron chi connectivity index (χ4n) is 3.00. The number of carbonyl (C=O) groups excluding carboxylic acids is 1. The van der Waals surface area contributed by atoms with Crippen LogP contribution in [0.5, 0.6) is 0 Å². The number of aliphatic hydroxyl groups is 2. The Balaban J connectivity index is 1.60. The highest BCUT2D eigenvalue weighted by molar-refractivity contribution is 6.00. The number of azo groups is 2. The first-order valence-corrected chi connectivity index (χ1v) is 10.5. The molecule has 2 N–H and O–H groups in total. The van der Waals surface area contributed by atoms with Gasteiger partial charge in [0.15, 0.2) is 0 Å². The molecule has 0 aliphatic rings. The minimum absolute atomic E-state index is 0.0216. The van der Waals surface area contributed by atoms with E-state index in [1.54, 1.807) is 36.4 Å². The molecule has 3 aromatic rings. The smallest absolute Gasteiger partial charge is 0.395 e. The third-order valence-electron chi connectivity index (χ3n) is 4.75. The number of rotatable bonds is 10. The molecule has 0 saturated carbocycles. The first-order chi connectivity index (χ1) is 16.8. The Labute approximate surface area is 199 Å². The molecule has 35 heavy (non-hydrogen) atoms. The SMILES string of the molecule is O=C(c1ccc(N=Nc2ccc(N=Nc3ccc(N(CCO)CCO)cc3)cc2)cc1)C(F)(F)F. The fraction of sp³-hybridized carbons (Fsp3) is 0.208. The summed E-state index contributed by atoms with van der Waals surface area (Å²) >= 11 is 0. The van der Waals surface area contributed by atoms with Crippen molar-refractivity contribution in [3.8, 4) is 0 Å². The van der Waals surface area contributed by atoms with Crippen LogP contribution in [0, 0.1) is 0 Å². The molecule has 0 radical (unpaired) electrons. The van der Waals surface area contributed by atoms with Gasteiger partial charge in [-0.2, -0.15) is 33.6 Å². The van der Waals surface area contributed by atoms with E-state index in [9.17, 15) is 18.0 Å². The Hall–Kier alpha value is -3.96. The van der Waals surface area contributed by atoms with Gasteiger partial charge in [-0.05, 0) is 72.8 Å². The molecule has 3 rings (SSSR count). The van der Waals surface area contributed by atoms with Gasteiger partial charge in [0.05, 0.1) is 36.0 Å². The van der Waals surface area contributed by atoms with Crippen LogP contribution in [0.1, 0.15) is 10.4 Å². The van der Waals surface area contributed by atoms with Crippen LogP contribution < -0.4 is 4.90 Å². The normalized spacial score (nSPS) is 11.9. The van der Waals surface area contributed by atoms with Gasteiger partial charge in [0.25, 0.3) is 5.78 Å². The van der Waals surface area contributed by atoms with Crippen molar-refractivity contribution in [2.24, 2.45) is 20.5 Å². The summed E-state index contributed by atoms with van der Waals surface area (Å²) in [5, 5.41) is 34.6. The number of nitrogens with zero attached hydrogens (tertiary/aromatic N) is 5. The van der Waals surface area contributed by atoms with Crippen LogP contribution in [-0.2, 0) is 0 Å². The highest BCUT2D eigenvalue weighted by atomic mass is 19.4. The number of Topliss-reactive ketones (excluding diaryl/α,β-unsaturated/α-hetero) is 1. The first-order valence-electron chi connectivity index (χ1n) is 10.5. The molecular formula is C24H22F3N5O3. The van der Waals surface area contributed by atoms with E-state index in [2.05, 4.69) is 20.5 Å². The van der Waals surface area contributed by atoms with Crippen LogP contribution in [0.3, 0.4) is 0 Å². The first kappa shape index (κ1) is 25.7. The lowest BCUT2D eigenvalue weighted by atomic mass is 10.1. The maximum Gasteiger partial charge on any atom is 0.454 e. The lowest BCUT2D eigenvalue weighted by Crippen LogP contribution is -2.29. The highest BCUT2D eigenvalue weighted by Gasteiger charge is 2.39. The molecule has 3 aromatic carbocycles. The summed E-state index contributed by atoms with van der Waals surface area (Å²) in [6.45, 7) is 0.779. The van der Waals surface area contributed by atoms with E-state index in [4.69, 9.17) is 10.2 Å². The maximum absolute atomic E-state index is 12.5. The molecule has 0 aromatic heterocycles. The monoisotopic (exact) mass is 485 g/mol. The summed E-state index contributed by atoms with van der Waals surface area (Å²) in [6.07, 6.45) is -4.92. The van der Waals surface area contributed by atoms with Crippen LogP contribution in [-0.4, -0.2) is 48.5 Å². The molecule has 0 heterocycles. The van der Waals surface area contributed by atoms with Crippen LogP contribution >= 0.6 is 0 Å². The molecule has 0 aliphatic heterocycles. The number of hydrogen-bond acceptors (Lipinski definition) is 8. The lowest BCUT2D eigenvalue weighted by molar-refractivity contribution is -0.0885. The summed E-state index contributed by atoms with van der Waals surface area (Å²) < 4.78 is 37.4. The quantitative estimate of drug-likeness (QED) is 0.269. The van der Waals surface area contributed by atoms with Crippen LogP contribution in [0.4, 0.5) is 41.6 Å². The minimum atomic E-state index is -4.92. The van der Waals surface area contributed by atoms with Gasteiger partial charge in [-0.3, -0.25) is 4.79 Å². The van der Waals surface area contributed by atoms with Gasteiger partial charge in [-0.1, -0.05) is 0 Å². The second-order valence-electron chi connectivity index (χ2n) is 7.24. The maximum atomic E-state index is 12.5. The minimum Gasteiger partial charge on any atom is -0.395 e. The lowest BCUT2D eigenvalue weighted by Gasteiger charge is -2.22. The van der Waals surface area contributed by atoms with Crippen molar-refractivity contribution in [2.45, 2.75) is 6.18 Å². The Kier molecular flexibility index (Phi) is 8.76. The Morgan fingerprint density at radius 2 is 1.00 bits per heavy atom. The molecular weight excluding hydrogens is 463 g/mol. The van der Waals surface area contributed by atoms with Gasteiger partial charge >= 0.3 is 6.18 Å². The van der Waals surface area contributed by atoms with E-state index in [1.165, 1.54) is 12.1 Å². The average Bonchev–Trinajstić information content (AvgIpc) is 2.86. The van der Waals surface area contributed by atoms with Crippen molar-refractivity contribution in [3.63, 3.8) is 0 Å². The number of alkyl halides is 3. The standard InChI is InChI=1S/C24H22F3N5O3/c25-24(26,27)23(35)17-1-3-18(4-2-17)28-29-19-5-7-20(8-6-19)30-31-21-9-11-22(12-10-21)32(13-15-33)14-16-34/h1-12,33-34H,13-16H2. The summed E-state index contributed by atoms with van der Waals surface area (Å²) in [5.74, 6) is -1.91. The van der Waals surface area contributed by atoms with E-state index in [-0.39, 0.29) is 13.2 Å². The zero-order chi connectivity index (χ0) is 25.3. The summed E-state index contributed by atoms with van der Waals surface area (Å²) in [4.78, 5) is 13.1. The van der Waals surface area contributed by atoms with Crippen molar-refractivity contribution in [1.82, 2.24) is 0 Å². The number of carbonyl (C=O) groups is 1. The van der Waals surface area contributed by atoms with Gasteiger partial charge < -0.3 is 15.1 Å².